The van der Waals surface area contributed by atoms with Crippen molar-refractivity contribution in [2.24, 2.45) is 0 Å². The number of carbonyl (C=O) groups is 1. The summed E-state index contributed by atoms with van der Waals surface area (Å²) in [7, 11) is 0. The third kappa shape index (κ3) is 5.35. The number of hydrogen-bond donors (Lipinski definition) is 1. The summed E-state index contributed by atoms with van der Waals surface area (Å²) in [5, 5.41) is 2.02. The Morgan fingerprint density at radius 3 is 2.81 bits per heavy atom. The molecule has 0 spiro atoms. The minimum Gasteiger partial charge on any atom is -0.368 e. The van der Waals surface area contributed by atoms with E-state index in [1.807, 2.05) is 0 Å². The zero-order valence-electron chi connectivity index (χ0n) is 11.2. The van der Waals surface area contributed by atoms with Crippen molar-refractivity contribution < 1.29 is 22.7 Å². The number of ether oxygens (including phenoxy) is 1. The number of pyridine rings is 1. The molecule has 8 heteroatoms. The Morgan fingerprint density at radius 2 is 2.29 bits per heavy atom. The summed E-state index contributed by atoms with van der Waals surface area (Å²) in [6.45, 7) is 5.33. The number of aromatic nitrogens is 1. The molecule has 4 nitrogen and oxygen atoms in total. The molecule has 21 heavy (non-hydrogen) atoms. The summed E-state index contributed by atoms with van der Waals surface area (Å²) in [4.78, 5) is 15.3. The molecule has 116 valence electrons. The second-order valence-corrected chi connectivity index (χ2v) is 4.54. The van der Waals surface area contributed by atoms with Gasteiger partial charge >= 0.3 is 6.18 Å². The van der Waals surface area contributed by atoms with Gasteiger partial charge in [0.25, 0.3) is 5.91 Å². The summed E-state index contributed by atoms with van der Waals surface area (Å²) in [5.74, 6) is -0.693. The van der Waals surface area contributed by atoms with Gasteiger partial charge in [-0.2, -0.15) is 13.2 Å². The Labute approximate surface area is 125 Å². The van der Waals surface area contributed by atoms with Gasteiger partial charge in [-0.3, -0.25) is 4.79 Å². The monoisotopic (exact) mass is 322 g/mol. The highest BCUT2D eigenvalue weighted by atomic mass is 35.5. The lowest BCUT2D eigenvalue weighted by Gasteiger charge is -2.14. The van der Waals surface area contributed by atoms with Crippen LogP contribution in [0.15, 0.2) is 24.9 Å². The molecule has 1 aromatic heterocycles. The molecule has 0 saturated heterocycles. The van der Waals surface area contributed by atoms with E-state index in [9.17, 15) is 18.0 Å². The fourth-order valence-electron chi connectivity index (χ4n) is 1.31. The van der Waals surface area contributed by atoms with Crippen molar-refractivity contribution in [3.05, 3.63) is 35.5 Å². The number of anilines is 1. The third-order valence-electron chi connectivity index (χ3n) is 2.47. The largest absolute Gasteiger partial charge is 0.417 e. The first-order chi connectivity index (χ1) is 9.75. The Bertz CT molecular complexity index is 521. The Hall–Kier alpha value is -1.60. The third-order valence-corrected chi connectivity index (χ3v) is 2.76. The normalized spacial score (nSPS) is 12.8. The topological polar surface area (TPSA) is 51.2 Å². The molecule has 0 aromatic carbocycles. The number of nitrogens with one attached hydrogen (secondary N) is 1. The van der Waals surface area contributed by atoms with Gasteiger partial charge in [-0.15, -0.1) is 6.58 Å². The highest BCUT2D eigenvalue weighted by molar-refractivity contribution is 6.33. The van der Waals surface area contributed by atoms with Crippen molar-refractivity contribution in [2.45, 2.75) is 25.6 Å². The van der Waals surface area contributed by atoms with Crippen LogP contribution in [0.4, 0.5) is 19.0 Å². The van der Waals surface area contributed by atoms with Crippen LogP contribution in [0.2, 0.25) is 5.02 Å². The number of hydrogen-bond acceptors (Lipinski definition) is 3. The van der Waals surface area contributed by atoms with Gasteiger partial charge in [0.1, 0.15) is 6.10 Å². The van der Waals surface area contributed by atoms with E-state index in [0.29, 0.717) is 25.3 Å². The highest BCUT2D eigenvalue weighted by Gasteiger charge is 2.31. The average molecular weight is 323 g/mol. The van der Waals surface area contributed by atoms with Crippen LogP contribution >= 0.6 is 11.6 Å². The van der Waals surface area contributed by atoms with Crippen molar-refractivity contribution >= 4 is 23.3 Å². The van der Waals surface area contributed by atoms with Gasteiger partial charge < -0.3 is 10.1 Å². The van der Waals surface area contributed by atoms with Gasteiger partial charge in [0.15, 0.2) is 5.82 Å². The summed E-state index contributed by atoms with van der Waals surface area (Å²) in [5.41, 5.74) is -0.985. The smallest absolute Gasteiger partial charge is 0.368 e. The fraction of sp³-hybridized carbons (Fsp3) is 0.385. The van der Waals surface area contributed by atoms with Gasteiger partial charge in [-0.05, 0) is 19.4 Å². The van der Waals surface area contributed by atoms with Crippen molar-refractivity contribution in [3.8, 4) is 0 Å². The molecule has 0 aliphatic rings. The molecule has 1 atom stereocenters. The molecule has 0 aliphatic carbocycles. The van der Waals surface area contributed by atoms with E-state index >= 15 is 0 Å². The number of amides is 1. The zero-order valence-corrected chi connectivity index (χ0v) is 12.0. The van der Waals surface area contributed by atoms with Crippen molar-refractivity contribution in [3.63, 3.8) is 0 Å². The predicted molar refractivity (Wildman–Crippen MR) is 73.1 cm³/mol. The van der Waals surface area contributed by atoms with Crippen molar-refractivity contribution in [2.75, 3.05) is 11.9 Å². The number of rotatable bonds is 6. The first-order valence-corrected chi connectivity index (χ1v) is 6.39. The van der Waals surface area contributed by atoms with E-state index in [2.05, 4.69) is 16.9 Å². The molecule has 0 saturated carbocycles. The van der Waals surface area contributed by atoms with E-state index in [4.69, 9.17) is 16.3 Å². The summed E-state index contributed by atoms with van der Waals surface area (Å²) in [6.07, 6.45) is -2.51. The standard InChI is InChI=1S/C13H14ClF3N2O2/c1-3-4-5-21-8(2)12(20)19-11-10(14)6-9(7-18-11)13(15,16)17/h3,6-8H,1,4-5H2,2H3,(H,18,19,20). The van der Waals surface area contributed by atoms with Crippen molar-refractivity contribution in [1.82, 2.24) is 4.98 Å². The van der Waals surface area contributed by atoms with Gasteiger partial charge in [0, 0.05) is 6.20 Å². The van der Waals surface area contributed by atoms with Crippen LogP contribution in [0, 0.1) is 0 Å². The maximum absolute atomic E-state index is 12.4. The molecular formula is C13H14ClF3N2O2. The lowest BCUT2D eigenvalue weighted by atomic mass is 10.2. The summed E-state index contributed by atoms with van der Waals surface area (Å²) in [6, 6.07) is 0.702. The molecule has 0 radical (unpaired) electrons. The van der Waals surface area contributed by atoms with E-state index in [-0.39, 0.29) is 10.8 Å². The number of alkyl halides is 3. The quantitative estimate of drug-likeness (QED) is 0.642. The molecule has 1 aromatic rings. The molecule has 0 fully saturated rings. The Morgan fingerprint density at radius 1 is 1.62 bits per heavy atom. The minimum atomic E-state index is -4.54. The minimum absolute atomic E-state index is 0.145. The fourth-order valence-corrected chi connectivity index (χ4v) is 1.52. The van der Waals surface area contributed by atoms with E-state index in [1.165, 1.54) is 6.92 Å². The van der Waals surface area contributed by atoms with Crippen LogP contribution in [-0.4, -0.2) is 23.6 Å². The Kier molecular flexibility index (Phi) is 6.17. The highest BCUT2D eigenvalue weighted by Crippen LogP contribution is 2.32. The number of nitrogens with zero attached hydrogens (tertiary/aromatic N) is 1. The SMILES string of the molecule is C=CCCOC(C)C(=O)Nc1ncc(C(F)(F)F)cc1Cl. The molecule has 1 amide bonds. The van der Waals surface area contributed by atoms with E-state index in [0.717, 1.165) is 0 Å². The van der Waals surface area contributed by atoms with Crippen molar-refractivity contribution in [1.29, 1.82) is 0 Å². The Balaban J connectivity index is 2.70. The first-order valence-electron chi connectivity index (χ1n) is 6.01. The number of halogens is 4. The second-order valence-electron chi connectivity index (χ2n) is 4.13. The van der Waals surface area contributed by atoms with Gasteiger partial charge in [-0.1, -0.05) is 17.7 Å². The second kappa shape index (κ2) is 7.42. The van der Waals surface area contributed by atoms with E-state index in [1.54, 1.807) is 6.08 Å². The molecule has 0 bridgehead atoms. The predicted octanol–water partition coefficient (Wildman–Crippen LogP) is 3.67. The molecule has 1 rings (SSSR count). The lowest BCUT2D eigenvalue weighted by Crippen LogP contribution is -2.28. The number of carbonyl (C=O) groups excluding carboxylic acids is 1. The molecular weight excluding hydrogens is 309 g/mol. The van der Waals surface area contributed by atoms with Gasteiger partial charge in [0.2, 0.25) is 0 Å². The molecule has 1 N–H and O–H groups in total. The maximum Gasteiger partial charge on any atom is 0.417 e. The average Bonchev–Trinajstić information content (AvgIpc) is 2.39. The molecule has 0 aliphatic heterocycles. The van der Waals surface area contributed by atoms with Crippen LogP contribution in [0.3, 0.4) is 0 Å². The molecule has 1 unspecified atom stereocenters. The van der Waals surface area contributed by atoms with E-state index < -0.39 is 23.8 Å². The van der Waals surface area contributed by atoms with Gasteiger partial charge in [0.05, 0.1) is 17.2 Å². The van der Waals surface area contributed by atoms with Gasteiger partial charge in [-0.25, -0.2) is 4.98 Å². The van der Waals surface area contributed by atoms with Crippen LogP contribution < -0.4 is 5.32 Å². The molecule has 1 heterocycles. The first kappa shape index (κ1) is 17.5. The maximum atomic E-state index is 12.4. The lowest BCUT2D eigenvalue weighted by molar-refractivity contribution is -0.137. The van der Waals surface area contributed by atoms with Crippen LogP contribution in [-0.2, 0) is 15.7 Å². The zero-order chi connectivity index (χ0) is 16.0. The van der Waals surface area contributed by atoms with Crippen LogP contribution in [0.25, 0.3) is 0 Å². The van der Waals surface area contributed by atoms with Crippen LogP contribution in [0.1, 0.15) is 18.9 Å². The summed E-state index contributed by atoms with van der Waals surface area (Å²) < 4.78 is 42.5. The van der Waals surface area contributed by atoms with Crippen LogP contribution in [0.5, 0.6) is 0 Å². The summed E-state index contributed by atoms with van der Waals surface area (Å²) >= 11 is 5.68.